The molecule has 2 aliphatic rings. The average Bonchev–Trinajstić information content (AvgIpc) is 3.04. The highest BCUT2D eigenvalue weighted by Gasteiger charge is 2.69. The van der Waals surface area contributed by atoms with E-state index in [-0.39, 0.29) is 18.4 Å². The van der Waals surface area contributed by atoms with Crippen LogP contribution in [0.3, 0.4) is 0 Å². The normalized spacial score (nSPS) is 28.4. The van der Waals surface area contributed by atoms with E-state index in [2.05, 4.69) is 5.32 Å². The summed E-state index contributed by atoms with van der Waals surface area (Å²) >= 11 is 12.2. The first-order chi connectivity index (χ1) is 10.3. The lowest BCUT2D eigenvalue weighted by Gasteiger charge is -2.35. The number of hydrogen-bond donors (Lipinski definition) is 1. The fourth-order valence-corrected chi connectivity index (χ4v) is 3.35. The average molecular weight is 343 g/mol. The number of ether oxygens (including phenoxy) is 1. The van der Waals surface area contributed by atoms with Crippen LogP contribution in [0, 0.1) is 5.41 Å². The maximum Gasteiger partial charge on any atom is 0.262 e. The van der Waals surface area contributed by atoms with E-state index in [9.17, 15) is 9.59 Å². The first-order valence-electron chi connectivity index (χ1n) is 6.97. The number of rotatable bonds is 2. The number of halogens is 2. The van der Waals surface area contributed by atoms with Crippen molar-refractivity contribution in [2.75, 3.05) is 18.5 Å². The van der Waals surface area contributed by atoms with Gasteiger partial charge in [-0.2, -0.15) is 0 Å². The van der Waals surface area contributed by atoms with Gasteiger partial charge in [-0.3, -0.25) is 9.59 Å². The standard InChI is InChI=1S/C15H16Cl2N2O3/c1-14(8-15(14,16)17)13(21)19-7-11(12(20)18-2)22-10-6-4-3-5-9(10)19/h3-6,11H,7-8H2,1-2H3,(H,18,20). The van der Waals surface area contributed by atoms with Gasteiger partial charge in [0, 0.05) is 7.05 Å². The number of carbonyl (C=O) groups is 2. The molecule has 1 saturated carbocycles. The summed E-state index contributed by atoms with van der Waals surface area (Å²) in [6.45, 7) is 1.87. The Bertz CT molecular complexity index is 649. The Labute approximate surface area is 138 Å². The first kappa shape index (κ1) is 15.4. The van der Waals surface area contributed by atoms with Crippen LogP contribution >= 0.6 is 23.2 Å². The third kappa shape index (κ3) is 2.23. The second-order valence-electron chi connectivity index (χ2n) is 5.82. The molecule has 1 N–H and O–H groups in total. The highest BCUT2D eigenvalue weighted by Crippen LogP contribution is 2.64. The van der Waals surface area contributed by atoms with Crippen LogP contribution in [-0.2, 0) is 9.59 Å². The van der Waals surface area contributed by atoms with Crippen molar-refractivity contribution in [3.05, 3.63) is 24.3 Å². The maximum atomic E-state index is 12.9. The molecule has 1 fully saturated rings. The minimum absolute atomic E-state index is 0.134. The number of anilines is 1. The minimum Gasteiger partial charge on any atom is -0.477 e. The Hall–Kier alpha value is -1.46. The van der Waals surface area contributed by atoms with E-state index in [4.69, 9.17) is 27.9 Å². The van der Waals surface area contributed by atoms with Crippen molar-refractivity contribution in [1.29, 1.82) is 0 Å². The molecule has 0 saturated heterocycles. The van der Waals surface area contributed by atoms with E-state index in [0.29, 0.717) is 17.9 Å². The summed E-state index contributed by atoms with van der Waals surface area (Å²) < 4.78 is 4.62. The number of carbonyl (C=O) groups excluding carboxylic acids is 2. The van der Waals surface area contributed by atoms with Crippen LogP contribution in [0.1, 0.15) is 13.3 Å². The Morgan fingerprint density at radius 1 is 1.36 bits per heavy atom. The van der Waals surface area contributed by atoms with Crippen molar-refractivity contribution < 1.29 is 14.3 Å². The van der Waals surface area contributed by atoms with Crippen molar-refractivity contribution in [1.82, 2.24) is 5.32 Å². The summed E-state index contributed by atoms with van der Waals surface area (Å²) in [7, 11) is 1.53. The number of benzene rings is 1. The number of alkyl halides is 2. The number of para-hydroxylation sites is 2. The maximum absolute atomic E-state index is 12.9. The molecule has 5 nitrogen and oxygen atoms in total. The smallest absolute Gasteiger partial charge is 0.262 e. The largest absolute Gasteiger partial charge is 0.477 e. The number of likely N-dealkylation sites (N-methyl/N-ethyl adjacent to an activating group) is 1. The van der Waals surface area contributed by atoms with E-state index >= 15 is 0 Å². The third-order valence-corrected chi connectivity index (χ3v) is 5.39. The second-order valence-corrected chi connectivity index (χ2v) is 7.30. The third-order valence-electron chi connectivity index (χ3n) is 4.29. The van der Waals surface area contributed by atoms with Gasteiger partial charge in [0.1, 0.15) is 10.1 Å². The van der Waals surface area contributed by atoms with Crippen LogP contribution in [0.4, 0.5) is 5.69 Å². The molecule has 1 aliphatic heterocycles. The van der Waals surface area contributed by atoms with Crippen LogP contribution in [0.25, 0.3) is 0 Å². The summed E-state index contributed by atoms with van der Waals surface area (Å²) in [4.78, 5) is 26.3. The number of amides is 2. The molecule has 0 spiro atoms. The van der Waals surface area contributed by atoms with Crippen molar-refractivity contribution in [2.24, 2.45) is 5.41 Å². The Balaban J connectivity index is 1.96. The topological polar surface area (TPSA) is 58.6 Å². The molecule has 22 heavy (non-hydrogen) atoms. The predicted octanol–water partition coefficient (Wildman–Crippen LogP) is 2.11. The molecule has 2 atom stereocenters. The van der Waals surface area contributed by atoms with Gasteiger partial charge in [-0.15, -0.1) is 23.2 Å². The second kappa shape index (κ2) is 5.03. The van der Waals surface area contributed by atoms with Crippen LogP contribution in [0.5, 0.6) is 5.75 Å². The predicted molar refractivity (Wildman–Crippen MR) is 84.4 cm³/mol. The Morgan fingerprint density at radius 3 is 2.59 bits per heavy atom. The number of hydrogen-bond acceptors (Lipinski definition) is 3. The quantitative estimate of drug-likeness (QED) is 0.837. The lowest BCUT2D eigenvalue weighted by molar-refractivity contribution is -0.128. The molecule has 2 unspecified atom stereocenters. The zero-order valence-corrected chi connectivity index (χ0v) is 13.7. The fourth-order valence-electron chi connectivity index (χ4n) is 2.65. The summed E-state index contributed by atoms with van der Waals surface area (Å²) in [6.07, 6.45) is -0.363. The SMILES string of the molecule is CNC(=O)C1CN(C(=O)C2(C)CC2(Cl)Cl)c2ccccc2O1. The van der Waals surface area contributed by atoms with Gasteiger partial charge in [-0.05, 0) is 25.5 Å². The fraction of sp³-hybridized carbons (Fsp3) is 0.467. The van der Waals surface area contributed by atoms with Gasteiger partial charge in [-0.1, -0.05) is 12.1 Å². The van der Waals surface area contributed by atoms with E-state index in [1.54, 1.807) is 30.0 Å². The van der Waals surface area contributed by atoms with Gasteiger partial charge in [0.05, 0.1) is 17.6 Å². The van der Waals surface area contributed by atoms with E-state index in [1.165, 1.54) is 7.05 Å². The van der Waals surface area contributed by atoms with Crippen LogP contribution in [0.15, 0.2) is 24.3 Å². The first-order valence-corrected chi connectivity index (χ1v) is 7.73. The summed E-state index contributed by atoms with van der Waals surface area (Å²) in [5, 5.41) is 2.54. The molecular formula is C15H16Cl2N2O3. The molecule has 0 bridgehead atoms. The van der Waals surface area contributed by atoms with E-state index in [0.717, 1.165) is 0 Å². The Kier molecular flexibility index (Phi) is 3.53. The van der Waals surface area contributed by atoms with Crippen LogP contribution in [0.2, 0.25) is 0 Å². The van der Waals surface area contributed by atoms with Crippen molar-refractivity contribution in [3.63, 3.8) is 0 Å². The zero-order valence-electron chi connectivity index (χ0n) is 12.2. The molecule has 3 rings (SSSR count). The molecule has 1 heterocycles. The van der Waals surface area contributed by atoms with Gasteiger partial charge in [0.2, 0.25) is 5.91 Å². The molecule has 2 amide bonds. The molecule has 118 valence electrons. The van der Waals surface area contributed by atoms with E-state index in [1.807, 2.05) is 6.07 Å². The minimum atomic E-state index is -1.06. The van der Waals surface area contributed by atoms with Crippen molar-refractivity contribution in [3.8, 4) is 5.75 Å². The molecule has 7 heteroatoms. The van der Waals surface area contributed by atoms with E-state index < -0.39 is 15.9 Å². The lowest BCUT2D eigenvalue weighted by atomic mass is 10.1. The summed E-state index contributed by atoms with van der Waals surface area (Å²) in [5.41, 5.74) is -0.210. The molecule has 1 aromatic carbocycles. The lowest BCUT2D eigenvalue weighted by Crippen LogP contribution is -2.52. The van der Waals surface area contributed by atoms with Gasteiger partial charge in [0.25, 0.3) is 5.91 Å². The highest BCUT2D eigenvalue weighted by atomic mass is 35.5. The monoisotopic (exact) mass is 342 g/mol. The molecule has 0 aromatic heterocycles. The molecular weight excluding hydrogens is 327 g/mol. The zero-order chi connectivity index (χ0) is 16.1. The van der Waals surface area contributed by atoms with Crippen LogP contribution in [-0.4, -0.2) is 35.8 Å². The Morgan fingerprint density at radius 2 is 2.00 bits per heavy atom. The summed E-state index contributed by atoms with van der Waals surface area (Å²) in [6, 6.07) is 7.12. The van der Waals surface area contributed by atoms with Gasteiger partial charge >= 0.3 is 0 Å². The number of nitrogens with one attached hydrogen (secondary N) is 1. The molecule has 1 aliphatic carbocycles. The molecule has 1 aromatic rings. The van der Waals surface area contributed by atoms with Crippen molar-refractivity contribution in [2.45, 2.75) is 23.8 Å². The van der Waals surface area contributed by atoms with Crippen LogP contribution < -0.4 is 15.0 Å². The molecule has 0 radical (unpaired) electrons. The summed E-state index contributed by atoms with van der Waals surface area (Å²) in [5.74, 6) is 0.0214. The van der Waals surface area contributed by atoms with Gasteiger partial charge in [0.15, 0.2) is 6.10 Å². The van der Waals surface area contributed by atoms with Gasteiger partial charge in [-0.25, -0.2) is 0 Å². The number of nitrogens with zero attached hydrogens (tertiary/aromatic N) is 1. The van der Waals surface area contributed by atoms with Crippen molar-refractivity contribution >= 4 is 40.7 Å². The number of fused-ring (bicyclic) bond motifs is 1. The highest BCUT2D eigenvalue weighted by molar-refractivity contribution is 6.53. The van der Waals surface area contributed by atoms with Gasteiger partial charge < -0.3 is 15.0 Å².